The predicted molar refractivity (Wildman–Crippen MR) is 88.6 cm³/mol. The smallest absolute Gasteiger partial charge is 0.127 e. The summed E-state index contributed by atoms with van der Waals surface area (Å²) >= 11 is 3.51. The zero-order valence-corrected chi connectivity index (χ0v) is 14.4. The lowest BCUT2D eigenvalue weighted by molar-refractivity contribution is -0.0251. The van der Waals surface area contributed by atoms with Crippen LogP contribution in [0, 0.1) is 5.92 Å². The fourth-order valence-electron chi connectivity index (χ4n) is 4.06. The van der Waals surface area contributed by atoms with Crippen LogP contribution >= 0.6 is 15.9 Å². The van der Waals surface area contributed by atoms with E-state index in [0.717, 1.165) is 41.0 Å². The lowest BCUT2D eigenvalue weighted by Gasteiger charge is -2.40. The highest BCUT2D eigenvalue weighted by Gasteiger charge is 2.41. The van der Waals surface area contributed by atoms with Gasteiger partial charge in [0.2, 0.25) is 0 Å². The molecular formula is C18H25BrO2. The molecule has 1 fully saturated rings. The number of hydrogen-bond donors (Lipinski definition) is 1. The minimum Gasteiger partial charge on any atom is -0.487 e. The second kappa shape index (κ2) is 6.29. The molecule has 2 unspecified atom stereocenters. The van der Waals surface area contributed by atoms with Crippen molar-refractivity contribution in [2.24, 2.45) is 5.92 Å². The summed E-state index contributed by atoms with van der Waals surface area (Å²) in [5.41, 5.74) is 0.800. The van der Waals surface area contributed by atoms with Crippen LogP contribution in [0.2, 0.25) is 0 Å². The SMILES string of the molecule is CCCC1CCCC2(CC1)C[C@@H](O)c1ccc(Br)cc1O2. The molecule has 2 aliphatic rings. The van der Waals surface area contributed by atoms with E-state index in [2.05, 4.69) is 22.9 Å². The molecule has 0 saturated heterocycles. The molecule has 0 amide bonds. The fraction of sp³-hybridized carbons (Fsp3) is 0.667. The molecule has 21 heavy (non-hydrogen) atoms. The zero-order chi connectivity index (χ0) is 14.9. The lowest BCUT2D eigenvalue weighted by Crippen LogP contribution is -2.40. The second-order valence-electron chi connectivity index (χ2n) is 6.77. The highest BCUT2D eigenvalue weighted by Crippen LogP contribution is 2.47. The normalized spacial score (nSPS) is 32.3. The van der Waals surface area contributed by atoms with E-state index in [1.165, 1.54) is 32.1 Å². The number of hydrogen-bond acceptors (Lipinski definition) is 2. The first-order valence-corrected chi connectivity index (χ1v) is 9.08. The van der Waals surface area contributed by atoms with E-state index in [9.17, 15) is 5.11 Å². The Morgan fingerprint density at radius 1 is 1.33 bits per heavy atom. The first-order chi connectivity index (χ1) is 10.1. The standard InChI is InChI=1S/C18H25BrO2/c1-2-4-13-5-3-9-18(10-8-13)12-16(20)15-7-6-14(19)11-17(15)21-18/h6-7,11,13,16,20H,2-5,8-10,12H2,1H3/t13?,16-,18?/m1/s1. The number of aliphatic hydroxyl groups excluding tert-OH is 1. The Balaban J connectivity index is 1.80. The maximum Gasteiger partial charge on any atom is 0.127 e. The lowest BCUT2D eigenvalue weighted by atomic mass is 9.83. The molecule has 0 bridgehead atoms. The van der Waals surface area contributed by atoms with E-state index in [1.807, 2.05) is 18.2 Å². The van der Waals surface area contributed by atoms with Crippen molar-refractivity contribution in [1.29, 1.82) is 0 Å². The molecule has 1 saturated carbocycles. The summed E-state index contributed by atoms with van der Waals surface area (Å²) in [6.45, 7) is 2.27. The van der Waals surface area contributed by atoms with Crippen LogP contribution in [0.3, 0.4) is 0 Å². The van der Waals surface area contributed by atoms with Gasteiger partial charge in [0, 0.05) is 16.5 Å². The first kappa shape index (κ1) is 15.4. The zero-order valence-electron chi connectivity index (χ0n) is 12.8. The monoisotopic (exact) mass is 352 g/mol. The van der Waals surface area contributed by atoms with Gasteiger partial charge in [0.1, 0.15) is 11.4 Å². The third-order valence-corrected chi connectivity index (χ3v) is 5.67. The van der Waals surface area contributed by atoms with E-state index in [1.54, 1.807) is 0 Å². The van der Waals surface area contributed by atoms with Gasteiger partial charge in [0.15, 0.2) is 0 Å². The molecule has 1 aromatic carbocycles. The number of ether oxygens (including phenoxy) is 1. The minimum atomic E-state index is -0.385. The topological polar surface area (TPSA) is 29.5 Å². The van der Waals surface area contributed by atoms with Crippen molar-refractivity contribution in [2.75, 3.05) is 0 Å². The van der Waals surface area contributed by atoms with Gasteiger partial charge in [-0.2, -0.15) is 0 Å². The Morgan fingerprint density at radius 2 is 2.19 bits per heavy atom. The Bertz CT molecular complexity index is 502. The van der Waals surface area contributed by atoms with E-state index in [4.69, 9.17) is 4.74 Å². The fourth-order valence-corrected chi connectivity index (χ4v) is 4.40. The summed E-state index contributed by atoms with van der Waals surface area (Å²) in [5.74, 6) is 1.72. The molecule has 1 N–H and O–H groups in total. The van der Waals surface area contributed by atoms with Gasteiger partial charge < -0.3 is 9.84 Å². The van der Waals surface area contributed by atoms with Gasteiger partial charge in [0.25, 0.3) is 0 Å². The Kier molecular flexibility index (Phi) is 4.60. The van der Waals surface area contributed by atoms with Gasteiger partial charge in [-0.1, -0.05) is 48.2 Å². The number of halogens is 1. The summed E-state index contributed by atoms with van der Waals surface area (Å²) in [5, 5.41) is 10.5. The number of fused-ring (bicyclic) bond motifs is 1. The predicted octanol–water partition coefficient (Wildman–Crippen LogP) is 5.38. The molecular weight excluding hydrogens is 328 g/mol. The van der Waals surface area contributed by atoms with Crippen LogP contribution in [0.5, 0.6) is 5.75 Å². The van der Waals surface area contributed by atoms with Gasteiger partial charge in [0.05, 0.1) is 6.10 Å². The maximum atomic E-state index is 10.5. The quantitative estimate of drug-likeness (QED) is 0.773. The van der Waals surface area contributed by atoms with Crippen LogP contribution in [0.1, 0.15) is 70.0 Å². The van der Waals surface area contributed by atoms with Crippen molar-refractivity contribution in [3.8, 4) is 5.75 Å². The number of rotatable bonds is 2. The van der Waals surface area contributed by atoms with Gasteiger partial charge >= 0.3 is 0 Å². The minimum absolute atomic E-state index is 0.143. The molecule has 3 atom stereocenters. The molecule has 116 valence electrons. The van der Waals surface area contributed by atoms with E-state index < -0.39 is 0 Å². The average Bonchev–Trinajstić information content (AvgIpc) is 2.62. The second-order valence-corrected chi connectivity index (χ2v) is 7.69. The summed E-state index contributed by atoms with van der Waals surface area (Å²) in [7, 11) is 0. The van der Waals surface area contributed by atoms with E-state index in [-0.39, 0.29) is 11.7 Å². The van der Waals surface area contributed by atoms with Crippen molar-refractivity contribution in [1.82, 2.24) is 0 Å². The van der Waals surface area contributed by atoms with E-state index in [0.29, 0.717) is 0 Å². The Morgan fingerprint density at radius 3 is 3.00 bits per heavy atom. The van der Waals surface area contributed by atoms with Gasteiger partial charge in [-0.05, 0) is 43.7 Å². The van der Waals surface area contributed by atoms with Crippen LogP contribution in [-0.2, 0) is 0 Å². The Labute approximate surface area is 136 Å². The summed E-state index contributed by atoms with van der Waals surface area (Å²) in [4.78, 5) is 0. The largest absolute Gasteiger partial charge is 0.487 e. The Hall–Kier alpha value is -0.540. The van der Waals surface area contributed by atoms with E-state index >= 15 is 0 Å². The van der Waals surface area contributed by atoms with Gasteiger partial charge in [-0.25, -0.2) is 0 Å². The highest BCUT2D eigenvalue weighted by molar-refractivity contribution is 9.10. The molecule has 1 spiro atoms. The van der Waals surface area contributed by atoms with Crippen LogP contribution in [0.25, 0.3) is 0 Å². The van der Waals surface area contributed by atoms with Crippen molar-refractivity contribution >= 4 is 15.9 Å². The molecule has 1 heterocycles. The molecule has 1 aromatic rings. The molecule has 3 heteroatoms. The van der Waals surface area contributed by atoms with Crippen LogP contribution in [0.15, 0.2) is 22.7 Å². The molecule has 1 aliphatic heterocycles. The average molecular weight is 353 g/mol. The third kappa shape index (κ3) is 3.29. The first-order valence-electron chi connectivity index (χ1n) is 8.28. The molecule has 1 aliphatic carbocycles. The molecule has 2 nitrogen and oxygen atoms in total. The molecule has 0 aromatic heterocycles. The highest BCUT2D eigenvalue weighted by atomic mass is 79.9. The van der Waals surface area contributed by atoms with Crippen molar-refractivity contribution in [2.45, 2.75) is 70.0 Å². The van der Waals surface area contributed by atoms with Crippen molar-refractivity contribution in [3.05, 3.63) is 28.2 Å². The number of aliphatic hydroxyl groups is 1. The van der Waals surface area contributed by atoms with Gasteiger partial charge in [-0.15, -0.1) is 0 Å². The van der Waals surface area contributed by atoms with Crippen LogP contribution in [-0.4, -0.2) is 10.7 Å². The van der Waals surface area contributed by atoms with Crippen molar-refractivity contribution < 1.29 is 9.84 Å². The summed E-state index contributed by atoms with van der Waals surface area (Å²) in [6, 6.07) is 5.97. The van der Waals surface area contributed by atoms with Gasteiger partial charge in [-0.3, -0.25) is 0 Å². The summed E-state index contributed by atoms with van der Waals surface area (Å²) < 4.78 is 7.44. The number of benzene rings is 1. The van der Waals surface area contributed by atoms with Crippen LogP contribution < -0.4 is 4.74 Å². The van der Waals surface area contributed by atoms with Crippen molar-refractivity contribution in [3.63, 3.8) is 0 Å². The van der Waals surface area contributed by atoms with Crippen LogP contribution in [0.4, 0.5) is 0 Å². The maximum absolute atomic E-state index is 10.5. The molecule has 0 radical (unpaired) electrons. The summed E-state index contributed by atoms with van der Waals surface area (Å²) in [6.07, 6.45) is 8.92. The molecule has 3 rings (SSSR count). The third-order valence-electron chi connectivity index (χ3n) is 5.18.